The number of rotatable bonds is 1. The lowest BCUT2D eigenvalue weighted by atomic mass is 9.78. The smallest absolute Gasteiger partial charge is 0.149 e. The van der Waals surface area contributed by atoms with E-state index in [-0.39, 0.29) is 0 Å². The Morgan fingerprint density at radius 3 is 2.71 bits per heavy atom. The van der Waals surface area contributed by atoms with Crippen LogP contribution in [0.4, 0.5) is 11.6 Å². The maximum absolute atomic E-state index is 5.66. The zero-order valence-corrected chi connectivity index (χ0v) is 9.93. The fraction of sp³-hybridized carbons (Fsp3) is 0.667. The molecule has 2 aliphatic rings. The molecule has 0 saturated carbocycles. The van der Waals surface area contributed by atoms with Gasteiger partial charge < -0.3 is 15.4 Å². The lowest BCUT2D eigenvalue weighted by Gasteiger charge is -2.38. The summed E-state index contributed by atoms with van der Waals surface area (Å²) in [7, 11) is 0. The number of nitrogen functional groups attached to an aromatic ring is 1. The molecule has 0 amide bonds. The Morgan fingerprint density at radius 1 is 1.24 bits per heavy atom. The Kier molecular flexibility index (Phi) is 2.63. The Morgan fingerprint density at radius 2 is 2.06 bits per heavy atom. The number of aromatic nitrogens is 2. The van der Waals surface area contributed by atoms with Gasteiger partial charge in [-0.05, 0) is 24.7 Å². The molecule has 17 heavy (non-hydrogen) atoms. The maximum Gasteiger partial charge on any atom is 0.149 e. The van der Waals surface area contributed by atoms with E-state index in [2.05, 4.69) is 14.9 Å². The van der Waals surface area contributed by atoms with Crippen LogP contribution in [0, 0.1) is 5.41 Å². The van der Waals surface area contributed by atoms with Gasteiger partial charge in [-0.2, -0.15) is 0 Å². The van der Waals surface area contributed by atoms with E-state index in [0.717, 1.165) is 32.1 Å². The van der Waals surface area contributed by atoms with E-state index in [4.69, 9.17) is 10.5 Å². The highest BCUT2D eigenvalue weighted by Gasteiger charge is 2.38. The minimum Gasteiger partial charge on any atom is -0.382 e. The summed E-state index contributed by atoms with van der Waals surface area (Å²) < 4.78 is 5.53. The highest BCUT2D eigenvalue weighted by Crippen LogP contribution is 2.39. The van der Waals surface area contributed by atoms with E-state index >= 15 is 0 Å². The van der Waals surface area contributed by atoms with Crippen LogP contribution in [0.2, 0.25) is 0 Å². The van der Waals surface area contributed by atoms with Gasteiger partial charge in [0, 0.05) is 19.7 Å². The topological polar surface area (TPSA) is 64.3 Å². The molecule has 0 aromatic carbocycles. The Hall–Kier alpha value is -1.36. The van der Waals surface area contributed by atoms with Crippen LogP contribution in [-0.2, 0) is 4.74 Å². The molecule has 0 aliphatic carbocycles. The monoisotopic (exact) mass is 234 g/mol. The fourth-order valence-corrected chi connectivity index (χ4v) is 2.78. The van der Waals surface area contributed by atoms with Gasteiger partial charge in [-0.1, -0.05) is 0 Å². The second-order valence-corrected chi connectivity index (χ2v) is 5.09. The SMILES string of the molecule is Nc1cncc(N2CCC3(CCOC3)CC2)n1. The first-order valence-corrected chi connectivity index (χ1v) is 6.18. The van der Waals surface area contributed by atoms with Crippen molar-refractivity contribution < 1.29 is 4.74 Å². The van der Waals surface area contributed by atoms with Gasteiger partial charge in [0.05, 0.1) is 19.0 Å². The summed E-state index contributed by atoms with van der Waals surface area (Å²) >= 11 is 0. The average molecular weight is 234 g/mol. The van der Waals surface area contributed by atoms with E-state index in [1.54, 1.807) is 12.4 Å². The van der Waals surface area contributed by atoms with E-state index in [1.165, 1.54) is 19.3 Å². The van der Waals surface area contributed by atoms with Gasteiger partial charge in [-0.25, -0.2) is 4.98 Å². The van der Waals surface area contributed by atoms with Crippen LogP contribution < -0.4 is 10.6 Å². The van der Waals surface area contributed by atoms with E-state index in [0.29, 0.717) is 11.2 Å². The first-order valence-electron chi connectivity index (χ1n) is 6.18. The molecule has 2 saturated heterocycles. The van der Waals surface area contributed by atoms with Crippen molar-refractivity contribution in [3.63, 3.8) is 0 Å². The second kappa shape index (κ2) is 4.14. The van der Waals surface area contributed by atoms with Crippen molar-refractivity contribution in [3.05, 3.63) is 12.4 Å². The van der Waals surface area contributed by atoms with Crippen LogP contribution in [0.3, 0.4) is 0 Å². The number of piperidine rings is 1. The molecule has 3 rings (SSSR count). The Labute approximate surface area is 101 Å². The largest absolute Gasteiger partial charge is 0.382 e. The molecule has 0 unspecified atom stereocenters. The number of ether oxygens (including phenoxy) is 1. The second-order valence-electron chi connectivity index (χ2n) is 5.09. The number of hydrogen-bond acceptors (Lipinski definition) is 5. The van der Waals surface area contributed by atoms with Crippen LogP contribution in [0.5, 0.6) is 0 Å². The van der Waals surface area contributed by atoms with Crippen LogP contribution in [0.15, 0.2) is 12.4 Å². The van der Waals surface area contributed by atoms with Crippen LogP contribution in [0.25, 0.3) is 0 Å². The van der Waals surface area contributed by atoms with E-state index < -0.39 is 0 Å². The minimum atomic E-state index is 0.435. The third-order valence-electron chi connectivity index (χ3n) is 3.97. The first kappa shape index (κ1) is 10.8. The summed E-state index contributed by atoms with van der Waals surface area (Å²) in [6, 6.07) is 0. The predicted molar refractivity (Wildman–Crippen MR) is 65.8 cm³/mol. The lowest BCUT2D eigenvalue weighted by Crippen LogP contribution is -2.40. The maximum atomic E-state index is 5.66. The molecule has 5 heteroatoms. The van der Waals surface area contributed by atoms with Crippen molar-refractivity contribution in [1.29, 1.82) is 0 Å². The first-order chi connectivity index (χ1) is 8.27. The van der Waals surface area contributed by atoms with Crippen molar-refractivity contribution in [1.82, 2.24) is 9.97 Å². The zero-order chi connectivity index (χ0) is 11.7. The van der Waals surface area contributed by atoms with E-state index in [1.807, 2.05) is 0 Å². The molecule has 1 aromatic rings. The van der Waals surface area contributed by atoms with Crippen molar-refractivity contribution in [2.45, 2.75) is 19.3 Å². The number of nitrogens with zero attached hydrogens (tertiary/aromatic N) is 3. The Balaban J connectivity index is 1.68. The molecular weight excluding hydrogens is 216 g/mol. The van der Waals surface area contributed by atoms with Gasteiger partial charge in [0.15, 0.2) is 0 Å². The highest BCUT2D eigenvalue weighted by molar-refractivity contribution is 5.41. The summed E-state index contributed by atoms with van der Waals surface area (Å²) in [6.07, 6.45) is 6.95. The van der Waals surface area contributed by atoms with Crippen molar-refractivity contribution in [2.75, 3.05) is 36.9 Å². The standard InChI is InChI=1S/C12H18N4O/c13-10-7-14-8-11(15-10)16-4-1-12(2-5-16)3-6-17-9-12/h7-8H,1-6,9H2,(H2,13,15). The van der Waals surface area contributed by atoms with Crippen molar-refractivity contribution >= 4 is 11.6 Å². The van der Waals surface area contributed by atoms with Gasteiger partial charge in [-0.3, -0.25) is 4.98 Å². The molecule has 0 bridgehead atoms. The van der Waals surface area contributed by atoms with Gasteiger partial charge >= 0.3 is 0 Å². The molecule has 2 aliphatic heterocycles. The number of anilines is 2. The van der Waals surface area contributed by atoms with Crippen LogP contribution >= 0.6 is 0 Å². The molecule has 92 valence electrons. The Bertz CT molecular complexity index is 393. The summed E-state index contributed by atoms with van der Waals surface area (Å²) in [6.45, 7) is 3.92. The summed E-state index contributed by atoms with van der Waals surface area (Å²) in [4.78, 5) is 10.7. The highest BCUT2D eigenvalue weighted by atomic mass is 16.5. The van der Waals surface area contributed by atoms with Gasteiger partial charge in [0.25, 0.3) is 0 Å². The summed E-state index contributed by atoms with van der Waals surface area (Å²) in [5, 5.41) is 0. The van der Waals surface area contributed by atoms with Crippen molar-refractivity contribution in [3.8, 4) is 0 Å². The molecule has 2 N–H and O–H groups in total. The number of nitrogens with two attached hydrogens (primary N) is 1. The van der Waals surface area contributed by atoms with Crippen molar-refractivity contribution in [2.24, 2.45) is 5.41 Å². The van der Waals surface area contributed by atoms with Gasteiger partial charge in [-0.15, -0.1) is 0 Å². The summed E-state index contributed by atoms with van der Waals surface area (Å²) in [5.74, 6) is 1.39. The van der Waals surface area contributed by atoms with E-state index in [9.17, 15) is 0 Å². The molecule has 0 atom stereocenters. The molecule has 2 fully saturated rings. The normalized spacial score (nSPS) is 23.2. The summed E-state index contributed by atoms with van der Waals surface area (Å²) in [5.41, 5.74) is 6.10. The quantitative estimate of drug-likeness (QED) is 0.787. The van der Waals surface area contributed by atoms with Gasteiger partial charge in [0.2, 0.25) is 0 Å². The molecule has 0 radical (unpaired) electrons. The lowest BCUT2D eigenvalue weighted by molar-refractivity contribution is 0.133. The third kappa shape index (κ3) is 2.07. The zero-order valence-electron chi connectivity index (χ0n) is 9.93. The molecule has 3 heterocycles. The fourth-order valence-electron chi connectivity index (χ4n) is 2.78. The van der Waals surface area contributed by atoms with Crippen LogP contribution in [0.1, 0.15) is 19.3 Å². The molecule has 1 spiro atoms. The predicted octanol–water partition coefficient (Wildman–Crippen LogP) is 1.07. The minimum absolute atomic E-state index is 0.435. The molecular formula is C12H18N4O. The average Bonchev–Trinajstić information content (AvgIpc) is 2.79. The van der Waals surface area contributed by atoms with Crippen LogP contribution in [-0.4, -0.2) is 36.3 Å². The van der Waals surface area contributed by atoms with Gasteiger partial charge in [0.1, 0.15) is 11.6 Å². The third-order valence-corrected chi connectivity index (χ3v) is 3.97. The molecule has 5 nitrogen and oxygen atoms in total. The number of hydrogen-bond donors (Lipinski definition) is 1. The molecule has 1 aromatic heterocycles.